The van der Waals surface area contributed by atoms with Crippen molar-refractivity contribution in [2.24, 2.45) is 5.16 Å². The number of aliphatic hydroxyl groups is 3. The highest BCUT2D eigenvalue weighted by Gasteiger charge is 2.54. The van der Waals surface area contributed by atoms with E-state index in [1.165, 1.54) is 6.20 Å². The predicted molar refractivity (Wildman–Crippen MR) is 64.6 cm³/mol. The molecule has 9 nitrogen and oxygen atoms in total. The number of nitrogens with zero attached hydrogens (tertiary/aromatic N) is 2. The van der Waals surface area contributed by atoms with Crippen LogP contribution in [0.3, 0.4) is 0 Å². The minimum Gasteiger partial charge on any atom is -0.408 e. The highest BCUT2D eigenvalue weighted by atomic mass is 16.6. The monoisotopic (exact) mass is 285 g/mol. The molecular weight excluding hydrogens is 270 g/mol. The Morgan fingerprint density at radius 2 is 2.35 bits per heavy atom. The maximum atomic E-state index is 11.2. The zero-order valence-electron chi connectivity index (χ0n) is 10.4. The molecule has 4 atom stereocenters. The average Bonchev–Trinajstić information content (AvgIpc) is 2.71. The van der Waals surface area contributed by atoms with Gasteiger partial charge in [-0.25, -0.2) is 0 Å². The van der Waals surface area contributed by atoms with Crippen LogP contribution in [0.4, 0.5) is 0 Å². The second kappa shape index (κ2) is 5.21. The van der Waals surface area contributed by atoms with Gasteiger partial charge in [0.05, 0.1) is 6.61 Å². The van der Waals surface area contributed by atoms with Gasteiger partial charge >= 0.3 is 0 Å². The SMILES string of the molecule is C=C[C@@]1(O)[C@@H](CO)O[C@@H](n2ccc(=O)[nH]/c2=N\O)[C@@H]1O. The molecule has 0 amide bonds. The van der Waals surface area contributed by atoms with E-state index in [1.54, 1.807) is 0 Å². The van der Waals surface area contributed by atoms with E-state index in [2.05, 4.69) is 16.7 Å². The van der Waals surface area contributed by atoms with E-state index in [4.69, 9.17) is 9.94 Å². The Hall–Kier alpha value is -1.94. The second-order valence-electron chi connectivity index (χ2n) is 4.37. The normalized spacial score (nSPS) is 34.4. The molecule has 1 aliphatic rings. The lowest BCUT2D eigenvalue weighted by Gasteiger charge is -2.26. The first-order valence-electron chi connectivity index (χ1n) is 5.78. The molecule has 110 valence electrons. The van der Waals surface area contributed by atoms with Crippen molar-refractivity contribution in [1.29, 1.82) is 0 Å². The van der Waals surface area contributed by atoms with E-state index in [9.17, 15) is 20.1 Å². The van der Waals surface area contributed by atoms with Gasteiger partial charge in [-0.3, -0.25) is 14.3 Å². The molecule has 1 aromatic heterocycles. The van der Waals surface area contributed by atoms with Gasteiger partial charge in [0.1, 0.15) is 17.8 Å². The number of aliphatic hydroxyl groups excluding tert-OH is 2. The fourth-order valence-corrected chi connectivity index (χ4v) is 2.15. The number of ether oxygens (including phenoxy) is 1. The summed E-state index contributed by atoms with van der Waals surface area (Å²) >= 11 is 0. The van der Waals surface area contributed by atoms with Crippen molar-refractivity contribution < 1.29 is 25.3 Å². The second-order valence-corrected chi connectivity index (χ2v) is 4.37. The molecule has 0 radical (unpaired) electrons. The first-order valence-corrected chi connectivity index (χ1v) is 5.78. The van der Waals surface area contributed by atoms with E-state index in [-0.39, 0.29) is 5.62 Å². The zero-order valence-corrected chi connectivity index (χ0v) is 10.4. The molecular formula is C11H15N3O6. The molecule has 2 heterocycles. The van der Waals surface area contributed by atoms with E-state index in [1.807, 2.05) is 0 Å². The first kappa shape index (κ1) is 14.5. The Morgan fingerprint density at radius 3 is 2.85 bits per heavy atom. The molecule has 1 fully saturated rings. The Morgan fingerprint density at radius 1 is 1.65 bits per heavy atom. The van der Waals surface area contributed by atoms with Crippen LogP contribution in [0.2, 0.25) is 0 Å². The summed E-state index contributed by atoms with van der Waals surface area (Å²) in [5, 5.41) is 41.4. The molecule has 0 bridgehead atoms. The van der Waals surface area contributed by atoms with E-state index in [0.29, 0.717) is 0 Å². The zero-order chi connectivity index (χ0) is 14.9. The fraction of sp³-hybridized carbons (Fsp3) is 0.455. The highest BCUT2D eigenvalue weighted by Crippen LogP contribution is 2.36. The Bertz CT molecular complexity index is 623. The van der Waals surface area contributed by atoms with Crippen LogP contribution in [0.1, 0.15) is 6.23 Å². The van der Waals surface area contributed by atoms with Crippen LogP contribution in [0, 0.1) is 0 Å². The summed E-state index contributed by atoms with van der Waals surface area (Å²) in [6.45, 7) is 2.86. The number of hydrogen-bond acceptors (Lipinski definition) is 7. The predicted octanol–water partition coefficient (Wildman–Crippen LogP) is -2.37. The van der Waals surface area contributed by atoms with Gasteiger partial charge in [0, 0.05) is 12.3 Å². The Kier molecular flexibility index (Phi) is 3.77. The van der Waals surface area contributed by atoms with Crippen LogP contribution in [-0.4, -0.2) is 54.5 Å². The number of H-pyrrole nitrogens is 1. The van der Waals surface area contributed by atoms with Gasteiger partial charge in [-0.2, -0.15) is 0 Å². The summed E-state index contributed by atoms with van der Waals surface area (Å²) in [5.74, 6) is 0. The van der Waals surface area contributed by atoms with E-state index in [0.717, 1.165) is 16.7 Å². The number of aromatic nitrogens is 2. The number of aromatic amines is 1. The van der Waals surface area contributed by atoms with Gasteiger partial charge in [0.2, 0.25) is 5.62 Å². The van der Waals surface area contributed by atoms with Crippen LogP contribution in [0.25, 0.3) is 0 Å². The maximum Gasteiger partial charge on any atom is 0.252 e. The molecule has 5 N–H and O–H groups in total. The van der Waals surface area contributed by atoms with Crippen molar-refractivity contribution in [1.82, 2.24) is 9.55 Å². The average molecular weight is 285 g/mol. The lowest BCUT2D eigenvalue weighted by Crippen LogP contribution is -2.47. The van der Waals surface area contributed by atoms with Crippen molar-refractivity contribution >= 4 is 0 Å². The van der Waals surface area contributed by atoms with Crippen molar-refractivity contribution in [2.45, 2.75) is 24.0 Å². The van der Waals surface area contributed by atoms with Crippen LogP contribution >= 0.6 is 0 Å². The molecule has 0 spiro atoms. The molecule has 0 saturated carbocycles. The van der Waals surface area contributed by atoms with Gasteiger partial charge < -0.3 is 25.3 Å². The largest absolute Gasteiger partial charge is 0.408 e. The molecule has 1 aliphatic heterocycles. The topological polar surface area (TPSA) is 140 Å². The Labute approximate surface area is 112 Å². The molecule has 0 aliphatic carbocycles. The van der Waals surface area contributed by atoms with E-state index < -0.39 is 36.2 Å². The summed E-state index contributed by atoms with van der Waals surface area (Å²) in [6, 6.07) is 1.13. The molecule has 1 saturated heterocycles. The molecule has 2 rings (SSSR count). The van der Waals surface area contributed by atoms with Crippen molar-refractivity contribution in [3.8, 4) is 0 Å². The lowest BCUT2D eigenvalue weighted by atomic mass is 9.92. The fourth-order valence-electron chi connectivity index (χ4n) is 2.15. The smallest absolute Gasteiger partial charge is 0.252 e. The molecule has 0 unspecified atom stereocenters. The molecule has 1 aromatic rings. The summed E-state index contributed by atoms with van der Waals surface area (Å²) in [4.78, 5) is 13.4. The van der Waals surface area contributed by atoms with Crippen LogP contribution in [0.5, 0.6) is 0 Å². The maximum absolute atomic E-state index is 11.2. The molecule has 9 heteroatoms. The Balaban J connectivity index is 2.50. The minimum absolute atomic E-state index is 0.272. The lowest BCUT2D eigenvalue weighted by molar-refractivity contribution is -0.0659. The number of rotatable bonds is 3. The molecule has 0 aromatic carbocycles. The standard InChI is InChI=1S/C11H15N3O6/c1-2-11(18)6(5-15)20-9(8(11)17)14-4-3-7(16)12-10(14)13-19/h2-4,6,8-9,15,17-19H,1,5H2,(H,12,13,16)/t6-,8+,9-,11-/m1/s1. The molecule has 20 heavy (non-hydrogen) atoms. The van der Waals surface area contributed by atoms with Gasteiger partial charge in [0.15, 0.2) is 6.23 Å². The first-order chi connectivity index (χ1) is 9.47. The quantitative estimate of drug-likeness (QED) is 0.239. The number of nitrogens with one attached hydrogen (secondary N) is 1. The summed E-state index contributed by atoms with van der Waals surface area (Å²) in [6.07, 6.45) is -1.46. The minimum atomic E-state index is -1.87. The summed E-state index contributed by atoms with van der Waals surface area (Å²) in [7, 11) is 0. The third-order valence-corrected chi connectivity index (χ3v) is 3.29. The van der Waals surface area contributed by atoms with Crippen LogP contribution < -0.4 is 11.2 Å². The van der Waals surface area contributed by atoms with Crippen LogP contribution in [0.15, 0.2) is 34.9 Å². The summed E-state index contributed by atoms with van der Waals surface area (Å²) in [5.41, 5.74) is -2.65. The van der Waals surface area contributed by atoms with Gasteiger partial charge in [-0.05, 0) is 0 Å². The summed E-state index contributed by atoms with van der Waals surface area (Å²) < 4.78 is 6.47. The van der Waals surface area contributed by atoms with Crippen LogP contribution in [-0.2, 0) is 4.74 Å². The van der Waals surface area contributed by atoms with Crippen molar-refractivity contribution in [2.75, 3.05) is 6.61 Å². The van der Waals surface area contributed by atoms with Gasteiger partial charge in [-0.15, -0.1) is 6.58 Å². The number of hydrogen-bond donors (Lipinski definition) is 5. The van der Waals surface area contributed by atoms with E-state index >= 15 is 0 Å². The third-order valence-electron chi connectivity index (χ3n) is 3.29. The van der Waals surface area contributed by atoms with Crippen molar-refractivity contribution in [3.05, 3.63) is 40.9 Å². The van der Waals surface area contributed by atoms with Crippen molar-refractivity contribution in [3.63, 3.8) is 0 Å². The highest BCUT2D eigenvalue weighted by molar-refractivity contribution is 5.12. The third kappa shape index (κ3) is 2.06. The van der Waals surface area contributed by atoms with Gasteiger partial charge in [0.25, 0.3) is 5.56 Å². The van der Waals surface area contributed by atoms with Gasteiger partial charge in [-0.1, -0.05) is 11.2 Å².